The van der Waals surface area contributed by atoms with Gasteiger partial charge in [0, 0.05) is 25.1 Å². The Kier molecular flexibility index (Phi) is 5.76. The first kappa shape index (κ1) is 20.8. The van der Waals surface area contributed by atoms with E-state index in [0.717, 1.165) is 28.0 Å². The van der Waals surface area contributed by atoms with Crippen molar-refractivity contribution in [2.45, 2.75) is 50.9 Å². The van der Waals surface area contributed by atoms with Crippen molar-refractivity contribution in [3.05, 3.63) is 70.5 Å². The van der Waals surface area contributed by atoms with Crippen molar-refractivity contribution < 1.29 is 28.6 Å². The molecule has 0 spiro atoms. The van der Waals surface area contributed by atoms with Crippen LogP contribution in [-0.4, -0.2) is 48.1 Å². The molecule has 1 aromatic rings. The zero-order valence-electron chi connectivity index (χ0n) is 17.7. The van der Waals surface area contributed by atoms with Gasteiger partial charge in [0.1, 0.15) is 37.8 Å². The number of ether oxygens (including phenoxy) is 3. The maximum atomic E-state index is 12.9. The van der Waals surface area contributed by atoms with Crippen molar-refractivity contribution in [2.75, 3.05) is 13.3 Å². The molecule has 5 rings (SSSR count). The normalized spacial score (nSPS) is 24.2. The van der Waals surface area contributed by atoms with Gasteiger partial charge in [0.2, 0.25) is 5.91 Å². The molecule has 3 heterocycles. The molecule has 0 saturated carbocycles. The van der Waals surface area contributed by atoms with E-state index < -0.39 is 5.97 Å². The summed E-state index contributed by atoms with van der Waals surface area (Å²) in [5.41, 5.74) is 4.62. The molecule has 0 aromatic heterocycles. The summed E-state index contributed by atoms with van der Waals surface area (Å²) in [5.74, 6) is -0.684. The van der Waals surface area contributed by atoms with Crippen LogP contribution in [0.4, 0.5) is 0 Å². The molecule has 1 aliphatic carbocycles. The lowest BCUT2D eigenvalue weighted by Crippen LogP contribution is -2.24. The fraction of sp³-hybridized carbons (Fsp3) is 0.400. The molecule has 0 radical (unpaired) electrons. The summed E-state index contributed by atoms with van der Waals surface area (Å²) in [6.45, 7) is 0.972. The number of ketones is 1. The number of hydrogen-bond acceptors (Lipinski definition) is 6. The smallest absolute Gasteiger partial charge is 0.313 e. The number of allylic oxidation sites excluding steroid dienone is 3. The van der Waals surface area contributed by atoms with Gasteiger partial charge >= 0.3 is 5.97 Å². The number of nitrogens with zero attached hydrogens (tertiary/aromatic N) is 1. The largest absolute Gasteiger partial charge is 0.460 e. The monoisotopic (exact) mass is 435 g/mol. The fourth-order valence-electron chi connectivity index (χ4n) is 4.76. The lowest BCUT2D eigenvalue weighted by molar-refractivity contribution is -0.147. The Morgan fingerprint density at radius 3 is 2.62 bits per heavy atom. The second-order valence-corrected chi connectivity index (χ2v) is 8.41. The summed E-state index contributed by atoms with van der Waals surface area (Å²) < 4.78 is 16.6. The molecule has 4 aliphatic rings. The van der Waals surface area contributed by atoms with Crippen molar-refractivity contribution in [1.82, 2.24) is 4.90 Å². The van der Waals surface area contributed by atoms with Crippen LogP contribution in [0.2, 0.25) is 0 Å². The quantitative estimate of drug-likeness (QED) is 0.505. The number of hydrogen-bond donors (Lipinski definition) is 0. The number of benzene rings is 1. The molecule has 2 saturated heterocycles. The van der Waals surface area contributed by atoms with Crippen LogP contribution in [0.25, 0.3) is 0 Å². The van der Waals surface area contributed by atoms with Gasteiger partial charge in [-0.1, -0.05) is 30.3 Å². The van der Waals surface area contributed by atoms with Gasteiger partial charge in [-0.2, -0.15) is 0 Å². The number of amides is 1. The third kappa shape index (κ3) is 4.18. The highest BCUT2D eigenvalue weighted by Gasteiger charge is 2.38. The minimum atomic E-state index is -0.543. The van der Waals surface area contributed by atoms with Crippen LogP contribution < -0.4 is 0 Å². The highest BCUT2D eigenvalue weighted by molar-refractivity contribution is 5.97. The Labute approximate surface area is 186 Å². The predicted molar refractivity (Wildman–Crippen MR) is 114 cm³/mol. The first-order chi connectivity index (χ1) is 15.6. The van der Waals surface area contributed by atoms with Gasteiger partial charge in [0.15, 0.2) is 0 Å². The minimum Gasteiger partial charge on any atom is -0.460 e. The summed E-state index contributed by atoms with van der Waals surface area (Å²) in [5, 5.41) is 0. The van der Waals surface area contributed by atoms with E-state index in [4.69, 9.17) is 14.2 Å². The lowest BCUT2D eigenvalue weighted by Gasteiger charge is -2.23. The average Bonchev–Trinajstić information content (AvgIpc) is 3.36. The van der Waals surface area contributed by atoms with Crippen molar-refractivity contribution in [1.29, 1.82) is 0 Å². The molecule has 7 nitrogen and oxygen atoms in total. The SMILES string of the molecule is O=C(CC(=O)OCc1ccccc1)CC1=C2CCC(=O)N2CCC2=CC3OCOC3C=C21. The number of fused-ring (bicyclic) bond motifs is 3. The molecular weight excluding hydrogens is 410 g/mol. The summed E-state index contributed by atoms with van der Waals surface area (Å²) in [6, 6.07) is 9.36. The molecular formula is C25H25NO6. The van der Waals surface area contributed by atoms with Gasteiger partial charge in [-0.25, -0.2) is 0 Å². The Morgan fingerprint density at radius 1 is 1.03 bits per heavy atom. The Balaban J connectivity index is 1.33. The summed E-state index contributed by atoms with van der Waals surface area (Å²) in [7, 11) is 0. The van der Waals surface area contributed by atoms with Crippen LogP contribution in [-0.2, 0) is 35.2 Å². The second-order valence-electron chi connectivity index (χ2n) is 8.41. The summed E-state index contributed by atoms with van der Waals surface area (Å²) in [4.78, 5) is 39.4. The van der Waals surface area contributed by atoms with Gasteiger partial charge in [-0.05, 0) is 47.3 Å². The zero-order chi connectivity index (χ0) is 22.1. The number of Topliss-reactive ketones (excluding diaryl/α,β-unsaturated/α-hetero) is 1. The Bertz CT molecular complexity index is 1040. The van der Waals surface area contributed by atoms with Crippen molar-refractivity contribution in [2.24, 2.45) is 0 Å². The predicted octanol–water partition coefficient (Wildman–Crippen LogP) is 2.97. The third-order valence-corrected chi connectivity index (χ3v) is 6.33. The van der Waals surface area contributed by atoms with Crippen LogP contribution in [0.3, 0.4) is 0 Å². The standard InChI is InChI=1S/C25H25NO6/c27-18(12-25(29)30-14-16-4-2-1-3-5-16)11-20-19-13-23-22(31-15-32-23)10-17(19)8-9-26-21(20)6-7-24(26)28/h1-5,10,13,22-23H,6-9,11-12,14-15H2. The number of carbonyl (C=O) groups is 3. The molecule has 32 heavy (non-hydrogen) atoms. The summed E-state index contributed by atoms with van der Waals surface area (Å²) >= 11 is 0. The molecule has 166 valence electrons. The average molecular weight is 435 g/mol. The first-order valence-corrected chi connectivity index (χ1v) is 11.0. The number of carbonyl (C=O) groups excluding carboxylic acids is 3. The first-order valence-electron chi connectivity index (χ1n) is 11.0. The van der Waals surface area contributed by atoms with Crippen LogP contribution in [0, 0.1) is 0 Å². The lowest BCUT2D eigenvalue weighted by atomic mass is 9.85. The van der Waals surface area contributed by atoms with Crippen molar-refractivity contribution in [3.63, 3.8) is 0 Å². The highest BCUT2D eigenvalue weighted by atomic mass is 16.7. The van der Waals surface area contributed by atoms with E-state index in [9.17, 15) is 14.4 Å². The van der Waals surface area contributed by atoms with E-state index in [2.05, 4.69) is 6.08 Å². The molecule has 2 atom stereocenters. The molecule has 3 aliphatic heterocycles. The third-order valence-electron chi connectivity index (χ3n) is 6.33. The van der Waals surface area contributed by atoms with E-state index in [0.29, 0.717) is 25.8 Å². The van der Waals surface area contributed by atoms with E-state index in [1.165, 1.54) is 0 Å². The highest BCUT2D eigenvalue weighted by Crippen LogP contribution is 2.41. The van der Waals surface area contributed by atoms with Gasteiger partial charge in [0.05, 0.1) is 0 Å². The molecule has 7 heteroatoms. The molecule has 0 bridgehead atoms. The minimum absolute atomic E-state index is 0.0831. The maximum Gasteiger partial charge on any atom is 0.313 e. The Hall–Kier alpha value is -3.03. The van der Waals surface area contributed by atoms with Crippen LogP contribution in [0.1, 0.15) is 37.7 Å². The van der Waals surface area contributed by atoms with Crippen molar-refractivity contribution in [3.8, 4) is 0 Å². The molecule has 0 N–H and O–H groups in total. The van der Waals surface area contributed by atoms with Gasteiger partial charge in [0.25, 0.3) is 0 Å². The second kappa shape index (κ2) is 8.84. The molecule has 2 unspecified atom stereocenters. The Morgan fingerprint density at radius 2 is 1.81 bits per heavy atom. The number of esters is 1. The molecule has 1 amide bonds. The van der Waals surface area contributed by atoms with E-state index >= 15 is 0 Å². The van der Waals surface area contributed by atoms with E-state index in [1.807, 2.05) is 36.4 Å². The van der Waals surface area contributed by atoms with Gasteiger partial charge < -0.3 is 19.1 Å². The topological polar surface area (TPSA) is 82.1 Å². The van der Waals surface area contributed by atoms with Crippen molar-refractivity contribution >= 4 is 17.7 Å². The molecule has 2 fully saturated rings. The number of rotatable bonds is 6. The van der Waals surface area contributed by atoms with E-state index in [1.54, 1.807) is 4.90 Å². The zero-order valence-corrected chi connectivity index (χ0v) is 17.7. The van der Waals surface area contributed by atoms with Crippen LogP contribution in [0.15, 0.2) is 64.9 Å². The van der Waals surface area contributed by atoms with Gasteiger partial charge in [-0.3, -0.25) is 14.4 Å². The summed E-state index contributed by atoms with van der Waals surface area (Å²) in [6.07, 6.45) is 5.29. The fourth-order valence-corrected chi connectivity index (χ4v) is 4.76. The van der Waals surface area contributed by atoms with Gasteiger partial charge in [-0.15, -0.1) is 0 Å². The molecule has 1 aromatic carbocycles. The maximum absolute atomic E-state index is 12.9. The van der Waals surface area contributed by atoms with Crippen LogP contribution in [0.5, 0.6) is 0 Å². The van der Waals surface area contributed by atoms with E-state index in [-0.39, 0.29) is 50.1 Å². The van der Waals surface area contributed by atoms with Crippen LogP contribution >= 0.6 is 0 Å².